The van der Waals surface area contributed by atoms with Crippen LogP contribution in [0.4, 0.5) is 0 Å². The van der Waals surface area contributed by atoms with Crippen LogP contribution < -0.4 is 5.32 Å². The number of ether oxygens (including phenoxy) is 2. The highest BCUT2D eigenvalue weighted by atomic mass is 79.9. The van der Waals surface area contributed by atoms with Crippen molar-refractivity contribution < 1.29 is 37.7 Å². The molecule has 0 bridgehead atoms. The van der Waals surface area contributed by atoms with Gasteiger partial charge in [0.05, 0.1) is 29.3 Å². The number of methoxy groups -OCH3 is 1. The number of sulfone groups is 1. The predicted octanol–water partition coefficient (Wildman–Crippen LogP) is 2.65. The maximum absolute atomic E-state index is 14.0. The first-order valence-corrected chi connectivity index (χ1v) is 15.8. The molecule has 39 heavy (non-hydrogen) atoms. The van der Waals surface area contributed by atoms with Crippen molar-refractivity contribution in [2.75, 3.05) is 24.5 Å². The van der Waals surface area contributed by atoms with Crippen molar-refractivity contribution in [3.05, 3.63) is 47.5 Å². The molecule has 9 nitrogen and oxygen atoms in total. The van der Waals surface area contributed by atoms with Gasteiger partial charge in [-0.2, -0.15) is 0 Å². The minimum atomic E-state index is -3.98. The summed E-state index contributed by atoms with van der Waals surface area (Å²) in [7, 11) is -2.66. The van der Waals surface area contributed by atoms with Gasteiger partial charge in [-0.25, -0.2) is 8.42 Å². The third-order valence-electron chi connectivity index (χ3n) is 7.91. The van der Waals surface area contributed by atoms with E-state index < -0.39 is 79.5 Å². The molecule has 0 aromatic heterocycles. The summed E-state index contributed by atoms with van der Waals surface area (Å²) in [5, 5.41) is 26.0. The highest BCUT2D eigenvalue weighted by Gasteiger charge is 2.79. The molecule has 3 rings (SSSR count). The Morgan fingerprint density at radius 2 is 1.90 bits per heavy atom. The summed E-state index contributed by atoms with van der Waals surface area (Å²) in [4.78, 5) is 26.3. The molecule has 2 amide bonds. The second kappa shape index (κ2) is 11.9. The van der Waals surface area contributed by atoms with Gasteiger partial charge in [-0.15, -0.1) is 11.6 Å². The van der Waals surface area contributed by atoms with Gasteiger partial charge in [-0.1, -0.05) is 57.9 Å². The molecule has 1 saturated heterocycles. The van der Waals surface area contributed by atoms with Gasteiger partial charge in [0.15, 0.2) is 9.84 Å². The Labute approximate surface area is 243 Å². The zero-order valence-electron chi connectivity index (χ0n) is 22.6. The lowest BCUT2D eigenvalue weighted by Crippen LogP contribution is -2.73. The van der Waals surface area contributed by atoms with Crippen molar-refractivity contribution >= 4 is 49.2 Å². The quantitative estimate of drug-likeness (QED) is 0.189. The number of rotatable bonds is 11. The van der Waals surface area contributed by atoms with Crippen LogP contribution in [0.2, 0.25) is 0 Å². The van der Waals surface area contributed by atoms with Crippen LogP contribution in [0.3, 0.4) is 0 Å². The van der Waals surface area contributed by atoms with Crippen molar-refractivity contribution in [3.63, 3.8) is 0 Å². The van der Waals surface area contributed by atoms with Crippen LogP contribution in [0, 0.1) is 5.41 Å². The summed E-state index contributed by atoms with van der Waals surface area (Å²) in [5.41, 5.74) is -3.98. The van der Waals surface area contributed by atoms with E-state index in [1.54, 1.807) is 31.2 Å². The Bertz CT molecular complexity index is 1210. The second-order valence-electron chi connectivity index (χ2n) is 10.9. The molecule has 1 aromatic rings. The topological polar surface area (TPSA) is 143 Å². The van der Waals surface area contributed by atoms with Crippen LogP contribution in [0.15, 0.2) is 42.0 Å². The van der Waals surface area contributed by atoms with Crippen molar-refractivity contribution in [3.8, 4) is 0 Å². The normalized spacial score (nSPS) is 34.3. The lowest BCUT2D eigenvalue weighted by molar-refractivity contribution is -0.209. The molecule has 6 atom stereocenters. The summed E-state index contributed by atoms with van der Waals surface area (Å²) in [6.07, 6.45) is -0.0969. The van der Waals surface area contributed by atoms with E-state index >= 15 is 0 Å². The molecule has 1 heterocycles. The molecule has 1 saturated carbocycles. The van der Waals surface area contributed by atoms with Gasteiger partial charge in [-0.3, -0.25) is 14.9 Å². The van der Waals surface area contributed by atoms with Crippen molar-refractivity contribution in [1.29, 1.82) is 0 Å². The van der Waals surface area contributed by atoms with E-state index in [1.807, 2.05) is 26.0 Å². The lowest BCUT2D eigenvalue weighted by Gasteiger charge is -2.56. The van der Waals surface area contributed by atoms with Crippen LogP contribution in [-0.2, 0) is 35.3 Å². The second-order valence-corrected chi connectivity index (χ2v) is 14.8. The lowest BCUT2D eigenvalue weighted by atomic mass is 9.54. The molecule has 2 aliphatic rings. The molecular formula is C27H37BrClNO8S. The number of halogens is 2. The Morgan fingerprint density at radius 1 is 1.26 bits per heavy atom. The van der Waals surface area contributed by atoms with E-state index in [4.69, 9.17) is 21.1 Å². The minimum Gasteiger partial charge on any atom is -0.387 e. The van der Waals surface area contributed by atoms with Gasteiger partial charge in [0.1, 0.15) is 21.4 Å². The molecule has 6 unspecified atom stereocenters. The SMILES string of the molecule is COC1CC(O)(CS(=O)(=O)CCc2ccccc2)C(C(=O)NC(=O)CCl)(C2(C)OC2CC=C(C)C)CC1(O)Br. The first kappa shape index (κ1) is 32.2. The summed E-state index contributed by atoms with van der Waals surface area (Å²) < 4.78 is 36.7. The largest absolute Gasteiger partial charge is 0.387 e. The number of aliphatic hydroxyl groups is 2. The summed E-state index contributed by atoms with van der Waals surface area (Å²) in [5.74, 6) is -3.43. The van der Waals surface area contributed by atoms with E-state index in [0.29, 0.717) is 6.42 Å². The number of hydrogen-bond donors (Lipinski definition) is 3. The Balaban J connectivity index is 2.11. The number of hydrogen-bond acceptors (Lipinski definition) is 8. The fourth-order valence-corrected chi connectivity index (χ4v) is 8.38. The minimum absolute atomic E-state index is 0.205. The number of amides is 2. The number of alkyl halides is 2. The molecule has 2 fully saturated rings. The van der Waals surface area contributed by atoms with Gasteiger partial charge < -0.3 is 19.7 Å². The highest BCUT2D eigenvalue weighted by Crippen LogP contribution is 2.65. The highest BCUT2D eigenvalue weighted by molar-refractivity contribution is 9.10. The van der Waals surface area contributed by atoms with E-state index in [0.717, 1.165) is 11.1 Å². The zero-order valence-corrected chi connectivity index (χ0v) is 25.7. The van der Waals surface area contributed by atoms with Crippen LogP contribution in [0.25, 0.3) is 0 Å². The molecule has 1 aliphatic heterocycles. The van der Waals surface area contributed by atoms with E-state index in [2.05, 4.69) is 21.2 Å². The molecule has 12 heteroatoms. The number of aryl methyl sites for hydroxylation is 1. The molecule has 1 aromatic carbocycles. The van der Waals surface area contributed by atoms with Crippen LogP contribution in [0.5, 0.6) is 0 Å². The van der Waals surface area contributed by atoms with Crippen LogP contribution in [0.1, 0.15) is 45.6 Å². The molecule has 218 valence electrons. The average molecular weight is 651 g/mol. The maximum Gasteiger partial charge on any atom is 0.241 e. The van der Waals surface area contributed by atoms with Crippen molar-refractivity contribution in [2.45, 2.75) is 74.4 Å². The number of imide groups is 1. The van der Waals surface area contributed by atoms with Crippen LogP contribution in [-0.4, -0.2) is 82.9 Å². The Hall–Kier alpha value is -1.34. The molecule has 0 radical (unpaired) electrons. The van der Waals surface area contributed by atoms with Crippen molar-refractivity contribution in [2.24, 2.45) is 5.41 Å². The molecule has 1 aliphatic carbocycles. The smallest absolute Gasteiger partial charge is 0.241 e. The van der Waals surface area contributed by atoms with Crippen molar-refractivity contribution in [1.82, 2.24) is 5.32 Å². The number of allylic oxidation sites excluding steroid dienone is 1. The average Bonchev–Trinajstić information content (AvgIpc) is 3.53. The number of benzene rings is 1. The first-order valence-electron chi connectivity index (χ1n) is 12.7. The molecule has 3 N–H and O–H groups in total. The van der Waals surface area contributed by atoms with Gasteiger partial charge in [0, 0.05) is 20.0 Å². The van der Waals surface area contributed by atoms with Gasteiger partial charge in [0.25, 0.3) is 0 Å². The third-order valence-corrected chi connectivity index (χ3v) is 10.7. The van der Waals surface area contributed by atoms with E-state index in [9.17, 15) is 28.2 Å². The number of nitrogens with one attached hydrogen (secondary N) is 1. The summed E-state index contributed by atoms with van der Waals surface area (Å²) in [6.45, 7) is 5.40. The predicted molar refractivity (Wildman–Crippen MR) is 151 cm³/mol. The van der Waals surface area contributed by atoms with Gasteiger partial charge in [0.2, 0.25) is 11.8 Å². The van der Waals surface area contributed by atoms with E-state index in [1.165, 1.54) is 7.11 Å². The molecular weight excluding hydrogens is 614 g/mol. The van der Waals surface area contributed by atoms with E-state index in [-0.39, 0.29) is 12.2 Å². The fraction of sp³-hybridized carbons (Fsp3) is 0.630. The third kappa shape index (κ3) is 6.60. The summed E-state index contributed by atoms with van der Waals surface area (Å²) >= 11 is 8.91. The summed E-state index contributed by atoms with van der Waals surface area (Å²) in [6, 6.07) is 9.04. The maximum atomic E-state index is 14.0. The zero-order chi connectivity index (χ0) is 29.3. The Morgan fingerprint density at radius 3 is 2.46 bits per heavy atom. The standard InChI is InChI=1S/C27H37BrClNO8S/c1-18(2)10-11-20-24(3,38-20)26(23(32)30-22(31)15-29)16-27(28,34)21(37-4)14-25(26,33)17-39(35,36)13-12-19-8-6-5-7-9-19/h5-10,20-21,33-34H,11-17H2,1-4H3,(H,30,31,32). The monoisotopic (exact) mass is 649 g/mol. The molecule has 0 spiro atoms. The van der Waals surface area contributed by atoms with Gasteiger partial charge in [-0.05, 0) is 39.2 Å². The number of carbonyl (C=O) groups is 2. The number of carbonyl (C=O) groups excluding carboxylic acids is 2. The number of epoxide rings is 1. The first-order chi connectivity index (χ1) is 18.1. The van der Waals surface area contributed by atoms with Crippen LogP contribution >= 0.6 is 27.5 Å². The fourth-order valence-electron chi connectivity index (χ4n) is 5.76. The Kier molecular flexibility index (Phi) is 9.80. The van der Waals surface area contributed by atoms with Gasteiger partial charge >= 0.3 is 0 Å².